The summed E-state index contributed by atoms with van der Waals surface area (Å²) in [7, 11) is 0. The summed E-state index contributed by atoms with van der Waals surface area (Å²) in [6.45, 7) is 5.56. The number of hydrogen-bond acceptors (Lipinski definition) is 2. The molecule has 1 amide bonds. The topological polar surface area (TPSA) is 49.0 Å². The van der Waals surface area contributed by atoms with Crippen LogP contribution in [0.4, 0.5) is 0 Å². The molecule has 112 valence electrons. The summed E-state index contributed by atoms with van der Waals surface area (Å²) in [5.74, 6) is -0.000642. The second kappa shape index (κ2) is 7.62. The van der Waals surface area contributed by atoms with Gasteiger partial charge >= 0.3 is 0 Å². The largest absolute Gasteiger partial charge is 0.333 e. The van der Waals surface area contributed by atoms with Crippen molar-refractivity contribution in [2.75, 3.05) is 6.54 Å². The van der Waals surface area contributed by atoms with Gasteiger partial charge in [-0.15, -0.1) is 0 Å². The normalized spacial score (nSPS) is 10.6. The molecule has 4 heteroatoms. The fraction of sp³-hybridized carbons (Fsp3) is 0.412. The van der Waals surface area contributed by atoms with Crippen LogP contribution < -0.4 is 0 Å². The van der Waals surface area contributed by atoms with Crippen molar-refractivity contribution < 1.29 is 4.79 Å². The first kappa shape index (κ1) is 15.3. The second-order valence-electron chi connectivity index (χ2n) is 5.24. The molecule has 0 saturated carbocycles. The molecule has 1 aromatic carbocycles. The molecule has 0 unspecified atom stereocenters. The van der Waals surface area contributed by atoms with E-state index < -0.39 is 0 Å². The molecular weight excluding hydrogens is 262 g/mol. The first-order valence-corrected chi connectivity index (χ1v) is 7.62. The van der Waals surface area contributed by atoms with Gasteiger partial charge in [-0.25, -0.2) is 0 Å². The molecule has 0 spiro atoms. The number of aromatic amines is 1. The van der Waals surface area contributed by atoms with Crippen LogP contribution in [-0.4, -0.2) is 27.5 Å². The fourth-order valence-electron chi connectivity index (χ4n) is 2.36. The maximum absolute atomic E-state index is 12.6. The number of aryl methyl sites for hydroxylation is 1. The molecular formula is C17H23N3O. The third kappa shape index (κ3) is 4.18. The van der Waals surface area contributed by atoms with Crippen molar-refractivity contribution in [3.8, 4) is 0 Å². The summed E-state index contributed by atoms with van der Waals surface area (Å²) >= 11 is 0. The third-order valence-electron chi connectivity index (χ3n) is 3.37. The second-order valence-corrected chi connectivity index (χ2v) is 5.24. The van der Waals surface area contributed by atoms with Crippen LogP contribution in [0.1, 0.15) is 48.4 Å². The van der Waals surface area contributed by atoms with Crippen molar-refractivity contribution in [2.45, 2.75) is 39.7 Å². The third-order valence-corrected chi connectivity index (χ3v) is 3.37. The SMILES string of the molecule is CCCc1cc(C(=O)N(CCC)Cc2ccccc2)n[nH]1. The van der Waals surface area contributed by atoms with E-state index in [9.17, 15) is 4.79 Å². The number of carbonyl (C=O) groups excluding carboxylic acids is 1. The average Bonchev–Trinajstić information content (AvgIpc) is 2.96. The number of carbonyl (C=O) groups is 1. The predicted molar refractivity (Wildman–Crippen MR) is 84.1 cm³/mol. The lowest BCUT2D eigenvalue weighted by molar-refractivity contribution is 0.0737. The van der Waals surface area contributed by atoms with Crippen LogP contribution >= 0.6 is 0 Å². The number of benzene rings is 1. The van der Waals surface area contributed by atoms with Crippen LogP contribution in [0.3, 0.4) is 0 Å². The van der Waals surface area contributed by atoms with Crippen LogP contribution in [0.2, 0.25) is 0 Å². The summed E-state index contributed by atoms with van der Waals surface area (Å²) in [5.41, 5.74) is 2.68. The number of nitrogens with zero attached hydrogens (tertiary/aromatic N) is 2. The van der Waals surface area contributed by atoms with E-state index >= 15 is 0 Å². The van der Waals surface area contributed by atoms with Gasteiger partial charge in [0.25, 0.3) is 5.91 Å². The van der Waals surface area contributed by atoms with Crippen LogP contribution in [-0.2, 0) is 13.0 Å². The Kier molecular flexibility index (Phi) is 5.55. The Labute approximate surface area is 126 Å². The molecule has 4 nitrogen and oxygen atoms in total. The van der Waals surface area contributed by atoms with E-state index in [2.05, 4.69) is 24.0 Å². The molecule has 0 atom stereocenters. The van der Waals surface area contributed by atoms with Gasteiger partial charge in [-0.05, 0) is 24.5 Å². The van der Waals surface area contributed by atoms with Crippen molar-refractivity contribution in [3.05, 3.63) is 53.3 Å². The van der Waals surface area contributed by atoms with E-state index in [0.29, 0.717) is 12.2 Å². The Morgan fingerprint density at radius 3 is 2.62 bits per heavy atom. The number of rotatable bonds is 7. The monoisotopic (exact) mass is 285 g/mol. The van der Waals surface area contributed by atoms with Gasteiger partial charge in [0.15, 0.2) is 0 Å². The zero-order valence-corrected chi connectivity index (χ0v) is 12.8. The van der Waals surface area contributed by atoms with Gasteiger partial charge in [0, 0.05) is 18.8 Å². The molecule has 0 aliphatic rings. The summed E-state index contributed by atoms with van der Waals surface area (Å²) in [5, 5.41) is 7.11. The molecule has 0 fully saturated rings. The first-order valence-electron chi connectivity index (χ1n) is 7.62. The highest BCUT2D eigenvalue weighted by atomic mass is 16.2. The van der Waals surface area contributed by atoms with E-state index in [0.717, 1.165) is 37.1 Å². The minimum absolute atomic E-state index is 0.000642. The summed E-state index contributed by atoms with van der Waals surface area (Å²) in [6, 6.07) is 11.9. The molecule has 0 bridgehead atoms. The molecule has 1 heterocycles. The minimum Gasteiger partial charge on any atom is -0.333 e. The number of amides is 1. The molecule has 1 aromatic heterocycles. The van der Waals surface area contributed by atoms with Crippen LogP contribution in [0, 0.1) is 0 Å². The summed E-state index contributed by atoms with van der Waals surface area (Å²) in [6.07, 6.45) is 2.90. The number of aromatic nitrogens is 2. The van der Waals surface area contributed by atoms with E-state index in [4.69, 9.17) is 0 Å². The van der Waals surface area contributed by atoms with Crippen LogP contribution in [0.15, 0.2) is 36.4 Å². The highest BCUT2D eigenvalue weighted by Gasteiger charge is 2.18. The van der Waals surface area contributed by atoms with E-state index in [1.54, 1.807) is 0 Å². The maximum atomic E-state index is 12.6. The Morgan fingerprint density at radius 1 is 1.19 bits per heavy atom. The number of nitrogens with one attached hydrogen (secondary N) is 1. The van der Waals surface area contributed by atoms with Crippen molar-refractivity contribution in [2.24, 2.45) is 0 Å². The lowest BCUT2D eigenvalue weighted by Gasteiger charge is -2.21. The van der Waals surface area contributed by atoms with Gasteiger partial charge in [-0.2, -0.15) is 5.10 Å². The molecule has 0 radical (unpaired) electrons. The van der Waals surface area contributed by atoms with Gasteiger partial charge in [0.1, 0.15) is 5.69 Å². The van der Waals surface area contributed by atoms with Crippen molar-refractivity contribution in [1.29, 1.82) is 0 Å². The molecule has 2 aromatic rings. The van der Waals surface area contributed by atoms with Gasteiger partial charge in [-0.1, -0.05) is 50.6 Å². The van der Waals surface area contributed by atoms with E-state index in [-0.39, 0.29) is 5.91 Å². The maximum Gasteiger partial charge on any atom is 0.274 e. The molecule has 21 heavy (non-hydrogen) atoms. The molecule has 0 aliphatic carbocycles. The van der Waals surface area contributed by atoms with Gasteiger partial charge in [0.2, 0.25) is 0 Å². The Hall–Kier alpha value is -2.10. The lowest BCUT2D eigenvalue weighted by Crippen LogP contribution is -2.31. The van der Waals surface area contributed by atoms with Crippen molar-refractivity contribution >= 4 is 5.91 Å². The van der Waals surface area contributed by atoms with Crippen LogP contribution in [0.5, 0.6) is 0 Å². The Bertz CT molecular complexity index is 562. The quantitative estimate of drug-likeness (QED) is 0.847. The standard InChI is InChI=1S/C17H23N3O/c1-3-8-15-12-16(19-18-15)17(21)20(11-4-2)13-14-9-6-5-7-10-14/h5-7,9-10,12H,3-4,8,11,13H2,1-2H3,(H,18,19). The van der Waals surface area contributed by atoms with Crippen molar-refractivity contribution in [3.63, 3.8) is 0 Å². The van der Waals surface area contributed by atoms with Gasteiger partial charge in [-0.3, -0.25) is 9.89 Å². The van der Waals surface area contributed by atoms with E-state index in [1.807, 2.05) is 41.3 Å². The summed E-state index contributed by atoms with van der Waals surface area (Å²) < 4.78 is 0. The van der Waals surface area contributed by atoms with Crippen molar-refractivity contribution in [1.82, 2.24) is 15.1 Å². The highest BCUT2D eigenvalue weighted by molar-refractivity contribution is 5.92. The number of H-pyrrole nitrogens is 1. The summed E-state index contributed by atoms with van der Waals surface area (Å²) in [4.78, 5) is 14.5. The lowest BCUT2D eigenvalue weighted by atomic mass is 10.2. The molecule has 1 N–H and O–H groups in total. The van der Waals surface area contributed by atoms with E-state index in [1.165, 1.54) is 0 Å². The Balaban J connectivity index is 2.10. The molecule has 2 rings (SSSR count). The predicted octanol–water partition coefficient (Wildman–Crippen LogP) is 3.41. The van der Waals surface area contributed by atoms with Gasteiger partial charge < -0.3 is 4.90 Å². The average molecular weight is 285 g/mol. The molecule has 0 aliphatic heterocycles. The smallest absolute Gasteiger partial charge is 0.274 e. The Morgan fingerprint density at radius 2 is 1.95 bits per heavy atom. The fourth-order valence-corrected chi connectivity index (χ4v) is 2.36. The zero-order chi connectivity index (χ0) is 15.1. The number of hydrogen-bond donors (Lipinski definition) is 1. The highest BCUT2D eigenvalue weighted by Crippen LogP contribution is 2.11. The zero-order valence-electron chi connectivity index (χ0n) is 12.8. The van der Waals surface area contributed by atoms with Crippen LogP contribution in [0.25, 0.3) is 0 Å². The van der Waals surface area contributed by atoms with Gasteiger partial charge in [0.05, 0.1) is 0 Å². The minimum atomic E-state index is -0.000642. The first-order chi connectivity index (χ1) is 10.2. The molecule has 0 saturated heterocycles.